The second kappa shape index (κ2) is 16.2. The van der Waals surface area contributed by atoms with Crippen LogP contribution in [0.4, 0.5) is 0 Å². The molecule has 304 valence electrons. The minimum Gasteiger partial charge on any atom is -0.481 e. The first-order valence-electron chi connectivity index (χ1n) is 21.0. The highest BCUT2D eigenvalue weighted by molar-refractivity contribution is 5.84. The maximum Gasteiger partial charge on any atom is 0.309 e. The number of rotatable bonds is 12. The average Bonchev–Trinajstić information content (AvgIpc) is 3.44. The Morgan fingerprint density at radius 1 is 0.849 bits per heavy atom. The first-order chi connectivity index (χ1) is 24.8. The standard InChI is InChI=1S/C43H72O10/c1-12-31(35(45)28(8)34(44)29(9)36-24(4)22-25(5)37(50-36)32(13-2)39(46)47)38-26(6)23-27(7)43(51-38)18-15-17-42(53-43)21-20-40(11,52-42)33-16-19-41(48,14-3)30(10)49-33/h15,18,24-34,36-38,44,48H,12-14,16-17,19-23H2,1-11H3,(H,46,47). The molecule has 18 unspecified atom stereocenters. The van der Waals surface area contributed by atoms with Crippen LogP contribution in [-0.4, -0.2) is 86.5 Å². The Hall–Kier alpha value is -1.40. The molecular weight excluding hydrogens is 676 g/mol. The van der Waals surface area contributed by atoms with Crippen molar-refractivity contribution < 1.29 is 48.6 Å². The number of aliphatic hydroxyl groups is 2. The summed E-state index contributed by atoms with van der Waals surface area (Å²) in [5.74, 6) is -4.68. The van der Waals surface area contributed by atoms with E-state index >= 15 is 0 Å². The average molecular weight is 749 g/mol. The minimum atomic E-state index is -1.07. The third kappa shape index (κ3) is 8.08. The second-order valence-corrected chi connectivity index (χ2v) is 18.4. The molecule has 10 heteroatoms. The fraction of sp³-hybridized carbons (Fsp3) is 0.907. The number of carbonyl (C=O) groups excluding carboxylic acids is 1. The quantitative estimate of drug-likeness (QED) is 0.172. The van der Waals surface area contributed by atoms with Gasteiger partial charge in [0.25, 0.3) is 0 Å². The van der Waals surface area contributed by atoms with Crippen LogP contribution in [-0.2, 0) is 33.3 Å². The van der Waals surface area contributed by atoms with E-state index in [-0.39, 0.29) is 53.7 Å². The molecule has 4 fully saturated rings. The molecule has 0 aliphatic carbocycles. The van der Waals surface area contributed by atoms with Crippen molar-refractivity contribution in [3.05, 3.63) is 12.2 Å². The van der Waals surface area contributed by atoms with E-state index in [2.05, 4.69) is 33.8 Å². The van der Waals surface area contributed by atoms with Crippen LogP contribution in [0, 0.1) is 47.3 Å². The summed E-state index contributed by atoms with van der Waals surface area (Å²) in [6.45, 7) is 22.1. The number of ether oxygens (including phenoxy) is 5. The number of hydrogen-bond donors (Lipinski definition) is 3. The molecule has 0 radical (unpaired) electrons. The topological polar surface area (TPSA) is 141 Å². The van der Waals surface area contributed by atoms with E-state index in [9.17, 15) is 24.9 Å². The van der Waals surface area contributed by atoms with Crippen LogP contribution in [0.15, 0.2) is 12.2 Å². The SMILES string of the molecule is CCC(C(=O)O)C1OC(C(C)C(O)C(C)C(=O)C(CC)C2OC3(C=CCC4(CCC(C)(C5CCC(O)(CC)C(C)O5)O4)O3)C(C)CC2C)C(C)CC1C. The molecule has 5 aliphatic heterocycles. The zero-order valence-corrected chi connectivity index (χ0v) is 34.5. The van der Waals surface area contributed by atoms with E-state index in [4.69, 9.17) is 23.7 Å². The van der Waals surface area contributed by atoms with E-state index in [1.165, 1.54) is 0 Å². The number of carbonyl (C=O) groups is 2. The smallest absolute Gasteiger partial charge is 0.309 e. The molecule has 2 spiro atoms. The van der Waals surface area contributed by atoms with Crippen molar-refractivity contribution in [1.29, 1.82) is 0 Å². The molecule has 10 nitrogen and oxygen atoms in total. The molecule has 0 aromatic carbocycles. The van der Waals surface area contributed by atoms with Crippen molar-refractivity contribution in [2.75, 3.05) is 0 Å². The van der Waals surface area contributed by atoms with E-state index in [0.717, 1.165) is 19.3 Å². The number of ketones is 1. The van der Waals surface area contributed by atoms with Crippen LogP contribution in [0.3, 0.4) is 0 Å². The minimum absolute atomic E-state index is 0.0109. The summed E-state index contributed by atoms with van der Waals surface area (Å²) in [6.07, 6.45) is 8.18. The Kier molecular flexibility index (Phi) is 13.1. The molecule has 5 aliphatic rings. The molecule has 0 aromatic heterocycles. The summed E-state index contributed by atoms with van der Waals surface area (Å²) in [6, 6.07) is 0. The second-order valence-electron chi connectivity index (χ2n) is 18.4. The van der Waals surface area contributed by atoms with Gasteiger partial charge in [-0.15, -0.1) is 0 Å². The Morgan fingerprint density at radius 3 is 2.09 bits per heavy atom. The van der Waals surface area contributed by atoms with Gasteiger partial charge >= 0.3 is 5.97 Å². The molecular formula is C43H72O10. The summed E-state index contributed by atoms with van der Waals surface area (Å²) >= 11 is 0. The molecule has 18 atom stereocenters. The predicted octanol–water partition coefficient (Wildman–Crippen LogP) is 7.46. The largest absolute Gasteiger partial charge is 0.481 e. The van der Waals surface area contributed by atoms with Crippen molar-refractivity contribution in [3.8, 4) is 0 Å². The van der Waals surface area contributed by atoms with E-state index in [0.29, 0.717) is 44.9 Å². The van der Waals surface area contributed by atoms with Gasteiger partial charge in [0.15, 0.2) is 11.6 Å². The van der Waals surface area contributed by atoms with Gasteiger partial charge in [0, 0.05) is 36.5 Å². The fourth-order valence-corrected chi connectivity index (χ4v) is 11.0. The predicted molar refractivity (Wildman–Crippen MR) is 202 cm³/mol. The summed E-state index contributed by atoms with van der Waals surface area (Å²) in [5, 5.41) is 32.7. The van der Waals surface area contributed by atoms with Crippen LogP contribution in [0.2, 0.25) is 0 Å². The molecule has 53 heavy (non-hydrogen) atoms. The summed E-state index contributed by atoms with van der Waals surface area (Å²) in [5.41, 5.74) is -1.40. The zero-order chi connectivity index (χ0) is 39.3. The van der Waals surface area contributed by atoms with Gasteiger partial charge in [-0.05, 0) is 89.0 Å². The van der Waals surface area contributed by atoms with Gasteiger partial charge in [0.1, 0.15) is 5.78 Å². The maximum atomic E-state index is 14.5. The molecule has 5 rings (SSSR count). The third-order valence-corrected chi connectivity index (χ3v) is 14.7. The Balaban J connectivity index is 1.29. The van der Waals surface area contributed by atoms with Gasteiger partial charge in [-0.25, -0.2) is 0 Å². The van der Waals surface area contributed by atoms with Crippen molar-refractivity contribution in [2.24, 2.45) is 47.3 Å². The molecule has 0 bridgehead atoms. The first-order valence-corrected chi connectivity index (χ1v) is 21.0. The molecule has 3 N–H and O–H groups in total. The molecule has 0 saturated carbocycles. The summed E-state index contributed by atoms with van der Waals surface area (Å²) < 4.78 is 34.0. The van der Waals surface area contributed by atoms with Gasteiger partial charge in [0.2, 0.25) is 0 Å². The normalized spacial score (nSPS) is 46.2. The maximum absolute atomic E-state index is 14.5. The number of aliphatic hydroxyl groups excluding tert-OH is 1. The van der Waals surface area contributed by atoms with Gasteiger partial charge in [0.05, 0.1) is 53.7 Å². The highest BCUT2D eigenvalue weighted by Gasteiger charge is 2.60. The van der Waals surface area contributed by atoms with Crippen LogP contribution < -0.4 is 0 Å². The lowest BCUT2D eigenvalue weighted by atomic mass is 9.72. The van der Waals surface area contributed by atoms with Gasteiger partial charge in [-0.1, -0.05) is 68.4 Å². The van der Waals surface area contributed by atoms with Crippen molar-refractivity contribution in [1.82, 2.24) is 0 Å². The van der Waals surface area contributed by atoms with Gasteiger partial charge < -0.3 is 39.0 Å². The fourth-order valence-electron chi connectivity index (χ4n) is 11.0. The van der Waals surface area contributed by atoms with Crippen molar-refractivity contribution in [2.45, 2.75) is 200 Å². The molecule has 4 saturated heterocycles. The van der Waals surface area contributed by atoms with E-state index < -0.39 is 64.8 Å². The van der Waals surface area contributed by atoms with Gasteiger partial charge in [-0.3, -0.25) is 9.59 Å². The molecule has 5 heterocycles. The molecule has 0 amide bonds. The highest BCUT2D eigenvalue weighted by atomic mass is 16.8. The Labute approximate surface area is 319 Å². The van der Waals surface area contributed by atoms with E-state index in [1.54, 1.807) is 0 Å². The van der Waals surface area contributed by atoms with Crippen LogP contribution in [0.25, 0.3) is 0 Å². The summed E-state index contributed by atoms with van der Waals surface area (Å²) in [7, 11) is 0. The van der Waals surface area contributed by atoms with Crippen molar-refractivity contribution >= 4 is 11.8 Å². The van der Waals surface area contributed by atoms with Crippen LogP contribution >= 0.6 is 0 Å². The zero-order valence-electron chi connectivity index (χ0n) is 34.5. The van der Waals surface area contributed by atoms with Crippen LogP contribution in [0.1, 0.15) is 140 Å². The van der Waals surface area contributed by atoms with Gasteiger partial charge in [-0.2, -0.15) is 0 Å². The third-order valence-electron chi connectivity index (χ3n) is 14.7. The number of aliphatic carboxylic acids is 1. The lowest BCUT2D eigenvalue weighted by molar-refractivity contribution is -0.393. The number of hydrogen-bond acceptors (Lipinski definition) is 9. The lowest BCUT2D eigenvalue weighted by Gasteiger charge is -2.53. The van der Waals surface area contributed by atoms with Crippen LogP contribution in [0.5, 0.6) is 0 Å². The highest BCUT2D eigenvalue weighted by Crippen LogP contribution is 2.54. The Morgan fingerprint density at radius 2 is 1.49 bits per heavy atom. The molecule has 0 aromatic rings. The first kappa shape index (κ1) is 42.7. The van der Waals surface area contributed by atoms with Crippen molar-refractivity contribution in [3.63, 3.8) is 0 Å². The Bertz CT molecular complexity index is 1320. The number of Topliss-reactive ketones (excluding diaryl/α,β-unsaturated/α-hetero) is 1. The number of carboxylic acid groups (broad SMARTS) is 1. The summed E-state index contributed by atoms with van der Waals surface area (Å²) in [4.78, 5) is 26.5. The lowest BCUT2D eigenvalue weighted by Crippen LogP contribution is -2.60. The number of carboxylic acids is 1. The monoisotopic (exact) mass is 749 g/mol. The van der Waals surface area contributed by atoms with E-state index in [1.807, 2.05) is 54.5 Å².